The molecule has 80 valence electrons. The van der Waals surface area contributed by atoms with E-state index in [0.717, 1.165) is 11.6 Å². The first-order chi connectivity index (χ1) is 7.09. The van der Waals surface area contributed by atoms with Crippen molar-refractivity contribution in [3.05, 3.63) is 40.9 Å². The minimum atomic E-state index is -0.981. The highest BCUT2D eigenvalue weighted by atomic mass is 35.5. The standard InChI is InChI=1S/C11H11ClO3/c1-8-7-9(4-5-10(8)12)15-6-2-3-11(13)14/h2-5,7H,6H2,1H3,(H,13,14)/b3-2+. The van der Waals surface area contributed by atoms with Gasteiger partial charge in [-0.25, -0.2) is 4.79 Å². The lowest BCUT2D eigenvalue weighted by molar-refractivity contribution is -0.131. The molecule has 3 nitrogen and oxygen atoms in total. The predicted octanol–water partition coefficient (Wildman–Crippen LogP) is 2.67. The molecule has 0 saturated heterocycles. The average Bonchev–Trinajstić information content (AvgIpc) is 2.18. The van der Waals surface area contributed by atoms with Crippen LogP contribution in [-0.4, -0.2) is 17.7 Å². The zero-order valence-electron chi connectivity index (χ0n) is 8.24. The van der Waals surface area contributed by atoms with Gasteiger partial charge in [0.15, 0.2) is 0 Å². The molecule has 0 amide bonds. The third-order valence-corrected chi connectivity index (χ3v) is 2.16. The Morgan fingerprint density at radius 2 is 2.33 bits per heavy atom. The summed E-state index contributed by atoms with van der Waals surface area (Å²) in [7, 11) is 0. The number of aliphatic carboxylic acids is 1. The number of hydrogen-bond donors (Lipinski definition) is 1. The fourth-order valence-electron chi connectivity index (χ4n) is 1.00. The molecule has 0 fully saturated rings. The maximum atomic E-state index is 10.1. The summed E-state index contributed by atoms with van der Waals surface area (Å²) >= 11 is 5.84. The van der Waals surface area contributed by atoms with Gasteiger partial charge in [-0.3, -0.25) is 0 Å². The molecule has 0 saturated carbocycles. The number of halogens is 1. The second kappa shape index (κ2) is 5.41. The van der Waals surface area contributed by atoms with Crippen LogP contribution in [0.2, 0.25) is 5.02 Å². The highest BCUT2D eigenvalue weighted by Gasteiger charge is 1.97. The van der Waals surface area contributed by atoms with E-state index in [4.69, 9.17) is 21.4 Å². The summed E-state index contributed by atoms with van der Waals surface area (Å²) in [5.74, 6) is -0.308. The summed E-state index contributed by atoms with van der Waals surface area (Å²) in [6.45, 7) is 2.11. The van der Waals surface area contributed by atoms with Crippen LogP contribution in [0.4, 0.5) is 0 Å². The molecule has 1 aromatic carbocycles. The fourth-order valence-corrected chi connectivity index (χ4v) is 1.12. The van der Waals surface area contributed by atoms with Crippen molar-refractivity contribution < 1.29 is 14.6 Å². The van der Waals surface area contributed by atoms with Crippen LogP contribution in [-0.2, 0) is 4.79 Å². The normalized spacial score (nSPS) is 10.5. The zero-order valence-corrected chi connectivity index (χ0v) is 8.99. The van der Waals surface area contributed by atoms with Crippen LogP contribution in [0, 0.1) is 6.92 Å². The average molecular weight is 227 g/mol. The number of carbonyl (C=O) groups is 1. The van der Waals surface area contributed by atoms with E-state index in [1.54, 1.807) is 18.2 Å². The lowest BCUT2D eigenvalue weighted by Gasteiger charge is -2.04. The minimum absolute atomic E-state index is 0.230. The summed E-state index contributed by atoms with van der Waals surface area (Å²) in [5.41, 5.74) is 0.927. The van der Waals surface area contributed by atoms with Crippen LogP contribution < -0.4 is 4.74 Å². The van der Waals surface area contributed by atoms with Crippen LogP contribution in [0.15, 0.2) is 30.4 Å². The van der Waals surface area contributed by atoms with E-state index in [1.165, 1.54) is 6.08 Å². The van der Waals surface area contributed by atoms with E-state index in [0.29, 0.717) is 10.8 Å². The van der Waals surface area contributed by atoms with Gasteiger partial charge in [0.1, 0.15) is 12.4 Å². The Bertz CT molecular complexity index is 385. The Morgan fingerprint density at radius 1 is 1.60 bits per heavy atom. The Morgan fingerprint density at radius 3 is 2.93 bits per heavy atom. The molecule has 0 aliphatic carbocycles. The van der Waals surface area contributed by atoms with Crippen molar-refractivity contribution in [1.29, 1.82) is 0 Å². The van der Waals surface area contributed by atoms with Crippen LogP contribution in [0.1, 0.15) is 5.56 Å². The molecule has 0 aromatic heterocycles. The van der Waals surface area contributed by atoms with Crippen LogP contribution in [0.25, 0.3) is 0 Å². The van der Waals surface area contributed by atoms with E-state index in [-0.39, 0.29) is 6.61 Å². The van der Waals surface area contributed by atoms with Crippen LogP contribution in [0.5, 0.6) is 5.75 Å². The Balaban J connectivity index is 2.51. The van der Waals surface area contributed by atoms with E-state index in [1.807, 2.05) is 6.92 Å². The van der Waals surface area contributed by atoms with Gasteiger partial charge in [-0.1, -0.05) is 11.6 Å². The lowest BCUT2D eigenvalue weighted by Crippen LogP contribution is -1.95. The summed E-state index contributed by atoms with van der Waals surface area (Å²) in [6.07, 6.45) is 2.48. The predicted molar refractivity (Wildman–Crippen MR) is 58.5 cm³/mol. The first kappa shape index (κ1) is 11.6. The Labute approximate surface area is 92.9 Å². The molecule has 0 aliphatic rings. The maximum Gasteiger partial charge on any atom is 0.328 e. The minimum Gasteiger partial charge on any atom is -0.490 e. The SMILES string of the molecule is Cc1cc(OC/C=C/C(=O)O)ccc1Cl. The second-order valence-corrected chi connectivity index (χ2v) is 3.37. The maximum absolute atomic E-state index is 10.1. The monoisotopic (exact) mass is 226 g/mol. The number of hydrogen-bond acceptors (Lipinski definition) is 2. The molecule has 0 aliphatic heterocycles. The summed E-state index contributed by atoms with van der Waals surface area (Å²) in [5, 5.41) is 9.02. The third-order valence-electron chi connectivity index (χ3n) is 1.74. The van der Waals surface area contributed by atoms with Crippen molar-refractivity contribution >= 4 is 17.6 Å². The van der Waals surface area contributed by atoms with Gasteiger partial charge in [-0.05, 0) is 36.8 Å². The molecule has 15 heavy (non-hydrogen) atoms. The molecule has 4 heteroatoms. The molecule has 1 N–H and O–H groups in total. The largest absolute Gasteiger partial charge is 0.490 e. The molecule has 0 atom stereocenters. The van der Waals surface area contributed by atoms with Crippen molar-refractivity contribution in [2.45, 2.75) is 6.92 Å². The van der Waals surface area contributed by atoms with Crippen molar-refractivity contribution in [1.82, 2.24) is 0 Å². The number of aryl methyl sites for hydroxylation is 1. The van der Waals surface area contributed by atoms with E-state index >= 15 is 0 Å². The lowest BCUT2D eigenvalue weighted by atomic mass is 10.2. The first-order valence-electron chi connectivity index (χ1n) is 4.38. The molecule has 0 unspecified atom stereocenters. The van der Waals surface area contributed by atoms with Gasteiger partial charge in [0.05, 0.1) is 0 Å². The Kier molecular flexibility index (Phi) is 4.18. The Hall–Kier alpha value is -1.48. The van der Waals surface area contributed by atoms with Crippen LogP contribution >= 0.6 is 11.6 Å². The molecule has 0 radical (unpaired) electrons. The highest BCUT2D eigenvalue weighted by molar-refractivity contribution is 6.31. The third kappa shape index (κ3) is 4.04. The van der Waals surface area contributed by atoms with Gasteiger partial charge < -0.3 is 9.84 Å². The van der Waals surface area contributed by atoms with Gasteiger partial charge >= 0.3 is 5.97 Å². The summed E-state index contributed by atoms with van der Waals surface area (Å²) in [6, 6.07) is 5.29. The van der Waals surface area contributed by atoms with Gasteiger partial charge in [0.25, 0.3) is 0 Å². The van der Waals surface area contributed by atoms with Crippen LogP contribution in [0.3, 0.4) is 0 Å². The van der Waals surface area contributed by atoms with Gasteiger partial charge in [-0.2, -0.15) is 0 Å². The molecule has 0 spiro atoms. The van der Waals surface area contributed by atoms with Gasteiger partial charge in [0.2, 0.25) is 0 Å². The van der Waals surface area contributed by atoms with Crippen molar-refractivity contribution in [2.75, 3.05) is 6.61 Å². The number of carboxylic acid groups (broad SMARTS) is 1. The smallest absolute Gasteiger partial charge is 0.328 e. The molecular weight excluding hydrogens is 216 g/mol. The first-order valence-corrected chi connectivity index (χ1v) is 4.76. The fraction of sp³-hybridized carbons (Fsp3) is 0.182. The number of carboxylic acids is 1. The summed E-state index contributed by atoms with van der Waals surface area (Å²) < 4.78 is 5.28. The van der Waals surface area contributed by atoms with Crippen molar-refractivity contribution in [2.24, 2.45) is 0 Å². The number of benzene rings is 1. The molecule has 0 heterocycles. The second-order valence-electron chi connectivity index (χ2n) is 2.96. The topological polar surface area (TPSA) is 46.5 Å². The van der Waals surface area contributed by atoms with Gasteiger partial charge in [0, 0.05) is 11.1 Å². The molecular formula is C11H11ClO3. The van der Waals surface area contributed by atoms with Crippen molar-refractivity contribution in [3.63, 3.8) is 0 Å². The van der Waals surface area contributed by atoms with Gasteiger partial charge in [-0.15, -0.1) is 0 Å². The summed E-state index contributed by atoms with van der Waals surface area (Å²) in [4.78, 5) is 10.1. The van der Waals surface area contributed by atoms with E-state index < -0.39 is 5.97 Å². The van der Waals surface area contributed by atoms with E-state index in [9.17, 15) is 4.79 Å². The zero-order chi connectivity index (χ0) is 11.3. The quantitative estimate of drug-likeness (QED) is 0.803. The number of ether oxygens (including phenoxy) is 1. The highest BCUT2D eigenvalue weighted by Crippen LogP contribution is 2.20. The molecule has 1 rings (SSSR count). The molecule has 1 aromatic rings. The van der Waals surface area contributed by atoms with Crippen molar-refractivity contribution in [3.8, 4) is 5.75 Å². The van der Waals surface area contributed by atoms with E-state index in [2.05, 4.69) is 0 Å². The molecule has 0 bridgehead atoms. The number of rotatable bonds is 4.